The van der Waals surface area contributed by atoms with Gasteiger partial charge in [-0.2, -0.15) is 0 Å². The summed E-state index contributed by atoms with van der Waals surface area (Å²) in [5.74, 6) is 1.62. The van der Waals surface area contributed by atoms with Gasteiger partial charge in [-0.25, -0.2) is 0 Å². The van der Waals surface area contributed by atoms with Gasteiger partial charge in [-0.15, -0.1) is 0 Å². The molecule has 1 aromatic carbocycles. The molecule has 0 radical (unpaired) electrons. The molecule has 0 aromatic heterocycles. The normalized spacial score (nSPS) is 29.1. The molecule has 4 atom stereocenters. The molecule has 0 heterocycles. The Labute approximate surface area is 124 Å². The molecule has 2 aliphatic carbocycles. The lowest BCUT2D eigenvalue weighted by molar-refractivity contribution is -0.126. The molecule has 2 bridgehead atoms. The molecule has 0 saturated heterocycles. The SMILES string of the molecule is NC(=S)C(NC(=O)C1CC2CCC1C2)c1ccccc1. The van der Waals surface area contributed by atoms with Gasteiger partial charge in [0.05, 0.1) is 0 Å². The van der Waals surface area contributed by atoms with E-state index < -0.39 is 0 Å². The number of hydrogen-bond donors (Lipinski definition) is 2. The summed E-state index contributed by atoms with van der Waals surface area (Å²) in [6.45, 7) is 0. The fraction of sp³-hybridized carbons (Fsp3) is 0.500. The first-order valence-corrected chi connectivity index (χ1v) is 7.70. The molecule has 4 unspecified atom stereocenters. The Morgan fingerprint density at radius 1 is 1.25 bits per heavy atom. The smallest absolute Gasteiger partial charge is 0.224 e. The minimum absolute atomic E-state index is 0.124. The van der Waals surface area contributed by atoms with Crippen LogP contribution < -0.4 is 11.1 Å². The molecule has 0 spiro atoms. The van der Waals surface area contributed by atoms with Gasteiger partial charge in [-0.05, 0) is 36.7 Å². The van der Waals surface area contributed by atoms with E-state index in [-0.39, 0.29) is 17.9 Å². The Morgan fingerprint density at radius 3 is 2.55 bits per heavy atom. The van der Waals surface area contributed by atoms with E-state index in [1.807, 2.05) is 30.3 Å². The third-order valence-corrected chi connectivity index (χ3v) is 5.01. The molecule has 2 fully saturated rings. The van der Waals surface area contributed by atoms with Gasteiger partial charge < -0.3 is 11.1 Å². The van der Waals surface area contributed by atoms with E-state index in [0.29, 0.717) is 10.9 Å². The molecule has 3 nitrogen and oxygen atoms in total. The van der Waals surface area contributed by atoms with E-state index in [9.17, 15) is 4.79 Å². The zero-order valence-electron chi connectivity index (χ0n) is 11.4. The lowest BCUT2D eigenvalue weighted by Crippen LogP contribution is -2.41. The van der Waals surface area contributed by atoms with Crippen molar-refractivity contribution in [3.05, 3.63) is 35.9 Å². The maximum Gasteiger partial charge on any atom is 0.224 e. The summed E-state index contributed by atoms with van der Waals surface area (Å²) in [5, 5.41) is 3.05. The van der Waals surface area contributed by atoms with Crippen molar-refractivity contribution in [2.45, 2.75) is 31.7 Å². The second-order valence-corrected chi connectivity index (χ2v) is 6.51. The van der Waals surface area contributed by atoms with Gasteiger partial charge in [0.15, 0.2) is 0 Å². The number of thiocarbonyl (C=S) groups is 1. The highest BCUT2D eigenvalue weighted by molar-refractivity contribution is 7.80. The third kappa shape index (κ3) is 2.57. The fourth-order valence-electron chi connectivity index (χ4n) is 3.78. The molecular weight excluding hydrogens is 268 g/mol. The van der Waals surface area contributed by atoms with Crippen molar-refractivity contribution in [3.63, 3.8) is 0 Å². The molecule has 3 rings (SSSR count). The zero-order chi connectivity index (χ0) is 14.1. The van der Waals surface area contributed by atoms with Crippen LogP contribution in [0.2, 0.25) is 0 Å². The van der Waals surface area contributed by atoms with Gasteiger partial charge in [-0.3, -0.25) is 4.79 Å². The summed E-state index contributed by atoms with van der Waals surface area (Å²) in [7, 11) is 0. The highest BCUT2D eigenvalue weighted by Gasteiger charge is 2.43. The van der Waals surface area contributed by atoms with E-state index in [0.717, 1.165) is 17.9 Å². The van der Waals surface area contributed by atoms with Crippen LogP contribution in [0.15, 0.2) is 30.3 Å². The minimum atomic E-state index is -0.349. The van der Waals surface area contributed by atoms with E-state index >= 15 is 0 Å². The molecule has 1 aromatic rings. The van der Waals surface area contributed by atoms with Gasteiger partial charge in [0.1, 0.15) is 11.0 Å². The van der Waals surface area contributed by atoms with Crippen LogP contribution in [0.3, 0.4) is 0 Å². The van der Waals surface area contributed by atoms with Crippen LogP contribution >= 0.6 is 12.2 Å². The average molecular weight is 288 g/mol. The first-order chi connectivity index (χ1) is 9.65. The number of carbonyl (C=O) groups excluding carboxylic acids is 1. The van der Waals surface area contributed by atoms with Crippen molar-refractivity contribution < 1.29 is 4.79 Å². The molecule has 106 valence electrons. The van der Waals surface area contributed by atoms with Gasteiger partial charge in [0.2, 0.25) is 5.91 Å². The highest BCUT2D eigenvalue weighted by Crippen LogP contribution is 2.48. The molecule has 3 N–H and O–H groups in total. The van der Waals surface area contributed by atoms with Crippen LogP contribution in [-0.4, -0.2) is 10.9 Å². The Bertz CT molecular complexity index is 516. The molecule has 1 amide bonds. The number of benzene rings is 1. The van der Waals surface area contributed by atoms with Crippen LogP contribution in [0.4, 0.5) is 0 Å². The number of rotatable bonds is 4. The standard InChI is InChI=1S/C16H20N2OS/c17-15(20)14(11-4-2-1-3-5-11)18-16(19)13-9-10-6-7-12(13)8-10/h1-5,10,12-14H,6-9H2,(H2,17,20)(H,18,19). The van der Waals surface area contributed by atoms with Gasteiger partial charge in [0, 0.05) is 5.92 Å². The van der Waals surface area contributed by atoms with Crippen molar-refractivity contribution in [3.8, 4) is 0 Å². The van der Waals surface area contributed by atoms with Crippen LogP contribution in [0.1, 0.15) is 37.3 Å². The number of hydrogen-bond acceptors (Lipinski definition) is 2. The third-order valence-electron chi connectivity index (χ3n) is 4.78. The number of nitrogens with one attached hydrogen (secondary N) is 1. The summed E-state index contributed by atoms with van der Waals surface area (Å²) in [5.41, 5.74) is 6.76. The maximum absolute atomic E-state index is 12.5. The van der Waals surface area contributed by atoms with Crippen LogP contribution in [0.5, 0.6) is 0 Å². The molecule has 4 heteroatoms. The first kappa shape index (κ1) is 13.6. The minimum Gasteiger partial charge on any atom is -0.391 e. The highest BCUT2D eigenvalue weighted by atomic mass is 32.1. The number of nitrogens with two attached hydrogens (primary N) is 1. The molecule has 2 saturated carbocycles. The summed E-state index contributed by atoms with van der Waals surface area (Å²) < 4.78 is 0. The van der Waals surface area contributed by atoms with E-state index in [1.165, 1.54) is 19.3 Å². The average Bonchev–Trinajstić information content (AvgIpc) is 3.07. The van der Waals surface area contributed by atoms with Crippen molar-refractivity contribution in [2.75, 3.05) is 0 Å². The predicted molar refractivity (Wildman–Crippen MR) is 83.0 cm³/mol. The van der Waals surface area contributed by atoms with Crippen LogP contribution in [0, 0.1) is 17.8 Å². The topological polar surface area (TPSA) is 55.1 Å². The molecular formula is C16H20N2OS. The summed E-state index contributed by atoms with van der Waals surface area (Å²) >= 11 is 5.12. The first-order valence-electron chi connectivity index (χ1n) is 7.30. The molecule has 0 aliphatic heterocycles. The van der Waals surface area contributed by atoms with E-state index in [4.69, 9.17) is 18.0 Å². The lowest BCUT2D eigenvalue weighted by Gasteiger charge is -2.24. The predicted octanol–water partition coefficient (Wildman–Crippen LogP) is 2.57. The Morgan fingerprint density at radius 2 is 2.00 bits per heavy atom. The lowest BCUT2D eigenvalue weighted by atomic mass is 9.88. The monoisotopic (exact) mass is 288 g/mol. The van der Waals surface area contributed by atoms with E-state index in [1.54, 1.807) is 0 Å². The Hall–Kier alpha value is -1.42. The van der Waals surface area contributed by atoms with Gasteiger partial charge in [0.25, 0.3) is 0 Å². The second kappa shape index (κ2) is 5.52. The van der Waals surface area contributed by atoms with E-state index in [2.05, 4.69) is 5.32 Å². The number of fused-ring (bicyclic) bond motifs is 2. The zero-order valence-corrected chi connectivity index (χ0v) is 12.2. The van der Waals surface area contributed by atoms with Crippen molar-refractivity contribution in [2.24, 2.45) is 23.5 Å². The van der Waals surface area contributed by atoms with Gasteiger partial charge in [-0.1, -0.05) is 49.0 Å². The van der Waals surface area contributed by atoms with Crippen LogP contribution in [-0.2, 0) is 4.79 Å². The summed E-state index contributed by atoms with van der Waals surface area (Å²) in [6, 6.07) is 9.36. The maximum atomic E-state index is 12.5. The van der Waals surface area contributed by atoms with Crippen molar-refractivity contribution >= 4 is 23.1 Å². The second-order valence-electron chi connectivity index (χ2n) is 6.04. The van der Waals surface area contributed by atoms with Crippen molar-refractivity contribution in [1.29, 1.82) is 0 Å². The quantitative estimate of drug-likeness (QED) is 0.837. The van der Waals surface area contributed by atoms with Crippen LogP contribution in [0.25, 0.3) is 0 Å². The fourth-order valence-corrected chi connectivity index (χ4v) is 3.97. The largest absolute Gasteiger partial charge is 0.391 e. The van der Waals surface area contributed by atoms with Crippen molar-refractivity contribution in [1.82, 2.24) is 5.32 Å². The molecule has 20 heavy (non-hydrogen) atoms. The molecule has 2 aliphatic rings. The Kier molecular flexibility index (Phi) is 3.74. The number of carbonyl (C=O) groups is 1. The summed E-state index contributed by atoms with van der Waals surface area (Å²) in [4.78, 5) is 12.8. The number of amides is 1. The summed E-state index contributed by atoms with van der Waals surface area (Å²) in [6.07, 6.45) is 4.76. The van der Waals surface area contributed by atoms with Gasteiger partial charge >= 0.3 is 0 Å². The Balaban J connectivity index is 1.71.